The van der Waals surface area contributed by atoms with E-state index in [1.807, 2.05) is 0 Å². The fourth-order valence-corrected chi connectivity index (χ4v) is 0.203. The average Bonchev–Trinajstić information content (AvgIpc) is 3.31. The van der Waals surface area contributed by atoms with Gasteiger partial charge in [0.15, 0.2) is 0 Å². The molecule has 0 aromatic rings. The second kappa shape index (κ2) is 402. The van der Waals surface area contributed by atoms with Crippen LogP contribution in [0.5, 0.6) is 0 Å². The second-order valence-electron chi connectivity index (χ2n) is 3.35. The van der Waals surface area contributed by atoms with E-state index in [1.54, 1.807) is 6.92 Å². The van der Waals surface area contributed by atoms with Crippen molar-refractivity contribution in [2.75, 3.05) is 135 Å². The lowest BCUT2D eigenvalue weighted by molar-refractivity contribution is -0.140. The van der Waals surface area contributed by atoms with Gasteiger partial charge in [-0.2, -0.15) is 0 Å². The Morgan fingerprint density at radius 3 is 0.218 bits per heavy atom. The normalized spacial score (nSPS) is 6.13. The van der Waals surface area contributed by atoms with Gasteiger partial charge in [0, 0.05) is 6.92 Å². The van der Waals surface area contributed by atoms with Crippen LogP contribution in [0.15, 0.2) is 0 Å². The summed E-state index contributed by atoms with van der Waals surface area (Å²) >= 11 is 229. The largest absolute Gasteiger partial charge is 0.466 e. The molecule has 0 aliphatic heterocycles. The second-order valence-corrected chi connectivity index (χ2v) is 22.7. The number of esters is 1. The fraction of sp³-hybridized carbons (Fsp3) is 0.964. The standard InChI is InChI=1S/C4H8O2.24CH2Cl2/c1-3-6-4(2)5;24*2-1-3/h3H2,1-2H3;24*1H2. The molecular formula is C28H56Cl48O2. The first-order valence-corrected chi connectivity index (χ1v) is 40.4. The quantitative estimate of drug-likeness (QED) is 0.193. The number of hydrogen-bond donors (Lipinski definition) is 0. The Labute approximate surface area is 709 Å². The van der Waals surface area contributed by atoms with Crippen molar-refractivity contribution in [3.05, 3.63) is 0 Å². The highest BCUT2D eigenvalue weighted by Crippen LogP contribution is 1.80. The number of rotatable bonds is 1. The summed E-state index contributed by atoms with van der Waals surface area (Å²) < 4.78 is 4.40. The van der Waals surface area contributed by atoms with E-state index in [1.165, 1.54) is 6.92 Å². The first-order chi connectivity index (χ1) is 36.7. The van der Waals surface area contributed by atoms with E-state index in [0.717, 1.165) is 0 Å². The van der Waals surface area contributed by atoms with Crippen molar-refractivity contribution in [2.45, 2.75) is 13.8 Å². The van der Waals surface area contributed by atoms with Gasteiger partial charge >= 0.3 is 5.97 Å². The van der Waals surface area contributed by atoms with Crippen molar-refractivity contribution >= 4 is 563 Å². The van der Waals surface area contributed by atoms with Crippen LogP contribution in [0, 0.1) is 0 Å². The molecule has 0 amide bonds. The van der Waals surface area contributed by atoms with Crippen LogP contribution in [0.3, 0.4) is 0 Å². The lowest BCUT2D eigenvalue weighted by atomic mass is 10.8. The van der Waals surface area contributed by atoms with Crippen LogP contribution in [0.4, 0.5) is 0 Å². The molecule has 0 aliphatic carbocycles. The van der Waals surface area contributed by atoms with Crippen LogP contribution in [-0.4, -0.2) is 141 Å². The molecule has 0 rings (SSSR count). The van der Waals surface area contributed by atoms with Gasteiger partial charge in [0.2, 0.25) is 0 Å². The Kier molecular flexibility index (Phi) is 873. The van der Waals surface area contributed by atoms with E-state index < -0.39 is 0 Å². The first kappa shape index (κ1) is 169. The molecule has 0 heterocycles. The third-order valence-corrected chi connectivity index (χ3v) is 0.348. The van der Waals surface area contributed by atoms with Gasteiger partial charge in [-0.25, -0.2) is 0 Å². The van der Waals surface area contributed by atoms with Gasteiger partial charge in [0.05, 0.1) is 135 Å². The molecule has 516 valence electrons. The summed E-state index contributed by atoms with van der Waals surface area (Å²) in [5.74, 6) is -0.211. The fourth-order valence-electron chi connectivity index (χ4n) is 0.203. The minimum atomic E-state index is -0.211. The van der Waals surface area contributed by atoms with Crippen LogP contribution < -0.4 is 0 Å². The number of carbonyl (C=O) groups excluding carboxylic acids is 1. The maximum absolute atomic E-state index is 9.82. The minimum absolute atomic E-state index is 0.194. The molecule has 0 aliphatic rings. The van der Waals surface area contributed by atoms with E-state index in [4.69, 9.17) is 557 Å². The molecule has 50 heteroatoms. The molecule has 0 aromatic heterocycles. The van der Waals surface area contributed by atoms with Gasteiger partial charge < -0.3 is 4.74 Å². The lowest BCUT2D eigenvalue weighted by Crippen LogP contribution is -1.95. The maximum Gasteiger partial charge on any atom is 0.302 e. The highest BCUT2D eigenvalue weighted by Gasteiger charge is 1.81. The van der Waals surface area contributed by atoms with Gasteiger partial charge in [0.1, 0.15) is 0 Å². The molecule has 2 nitrogen and oxygen atoms in total. The number of hydrogen-bond acceptors (Lipinski definition) is 2. The molecule has 0 saturated carbocycles. The first-order valence-electron chi connectivity index (χ1n) is 14.7. The monoisotopic (exact) mass is 2100 g/mol. The summed E-state index contributed by atoms with van der Waals surface area (Å²) in [5, 5.41) is 4.67. The lowest BCUT2D eigenvalue weighted by Gasteiger charge is -1.89. The van der Waals surface area contributed by atoms with Crippen molar-refractivity contribution < 1.29 is 9.53 Å². The van der Waals surface area contributed by atoms with E-state index in [0.29, 0.717) is 6.61 Å². The SMILES string of the molecule is CCOC(C)=O.ClCCl.ClCCl.ClCCl.ClCCl.ClCCl.ClCCl.ClCCl.ClCCl.ClCCl.ClCCl.ClCCl.ClCCl.ClCCl.ClCCl.ClCCl.ClCCl.ClCCl.ClCCl.ClCCl.ClCCl.ClCCl.ClCCl.ClCCl.ClCCl. The summed E-state index contributed by atoms with van der Waals surface area (Å²) in [6, 6.07) is 0. The van der Waals surface area contributed by atoms with Gasteiger partial charge in [-0.05, 0) is 6.92 Å². The van der Waals surface area contributed by atoms with Crippen LogP contribution in [0.1, 0.15) is 13.8 Å². The highest BCUT2D eigenvalue weighted by molar-refractivity contribution is 6.47. The molecule has 0 aromatic carbocycles. The van der Waals surface area contributed by atoms with Crippen LogP contribution in [0.25, 0.3) is 0 Å². The third kappa shape index (κ3) is 2600. The van der Waals surface area contributed by atoms with Crippen molar-refractivity contribution in [3.8, 4) is 0 Å². The van der Waals surface area contributed by atoms with Crippen molar-refractivity contribution in [2.24, 2.45) is 0 Å². The van der Waals surface area contributed by atoms with Crippen LogP contribution in [0.2, 0.25) is 0 Å². The predicted molar refractivity (Wildman–Crippen MR) is 420 cm³/mol. The van der Waals surface area contributed by atoms with E-state index in [-0.39, 0.29) is 134 Å². The highest BCUT2D eigenvalue weighted by atomic mass is 35.6. The zero-order valence-corrected chi connectivity index (χ0v) is 75.4. The molecule has 0 atom stereocenters. The number of carbonyl (C=O) groups is 1. The van der Waals surface area contributed by atoms with Gasteiger partial charge in [0.25, 0.3) is 0 Å². The molecule has 78 heavy (non-hydrogen) atoms. The van der Waals surface area contributed by atoms with Crippen molar-refractivity contribution in [1.82, 2.24) is 0 Å². The van der Waals surface area contributed by atoms with Gasteiger partial charge in [-0.15, -0.1) is 557 Å². The molecule has 0 radical (unpaired) electrons. The number of ether oxygens (including phenoxy) is 1. The minimum Gasteiger partial charge on any atom is -0.466 e. The zero-order valence-electron chi connectivity index (χ0n) is 39.1. The van der Waals surface area contributed by atoms with Crippen molar-refractivity contribution in [3.63, 3.8) is 0 Å². The molecule has 0 spiro atoms. The van der Waals surface area contributed by atoms with E-state index >= 15 is 0 Å². The van der Waals surface area contributed by atoms with E-state index in [9.17, 15) is 4.79 Å². The Hall–Kier alpha value is 13.4. The number of alkyl halides is 48. The van der Waals surface area contributed by atoms with Crippen molar-refractivity contribution in [1.29, 1.82) is 0 Å². The Balaban J connectivity index is -0.0000000163. The molecule has 0 bridgehead atoms. The smallest absolute Gasteiger partial charge is 0.302 e. The zero-order chi connectivity index (χ0) is 70.0. The Morgan fingerprint density at radius 1 is 0.179 bits per heavy atom. The summed E-state index contributed by atoms with van der Waals surface area (Å²) in [5.41, 5.74) is 0. The average molecular weight is 2130 g/mol. The molecule has 0 fully saturated rings. The molecule has 0 unspecified atom stereocenters. The van der Waals surface area contributed by atoms with E-state index in [2.05, 4.69) is 4.74 Å². The summed E-state index contributed by atoms with van der Waals surface area (Å²) in [6.07, 6.45) is 0. The molecule has 0 N–H and O–H groups in total. The summed E-state index contributed by atoms with van der Waals surface area (Å²) in [4.78, 5) is 9.82. The maximum atomic E-state index is 9.82. The summed E-state index contributed by atoms with van der Waals surface area (Å²) in [7, 11) is 0. The summed E-state index contributed by atoms with van der Waals surface area (Å²) in [6.45, 7) is 3.65. The topological polar surface area (TPSA) is 26.3 Å². The third-order valence-electron chi connectivity index (χ3n) is 0.348. The van der Waals surface area contributed by atoms with Gasteiger partial charge in [-0.1, -0.05) is 0 Å². The Bertz CT molecular complexity index is 292. The van der Waals surface area contributed by atoms with Gasteiger partial charge in [-0.3, -0.25) is 4.79 Å². The number of halogens is 48. The molecule has 0 saturated heterocycles. The van der Waals surface area contributed by atoms with Crippen LogP contribution in [-0.2, 0) is 9.53 Å². The predicted octanol–water partition coefficient (Wildman–Crippen LogP) is 34.7. The molecular weight excluding hydrogens is 2070 g/mol. The Morgan fingerprint density at radius 2 is 0.218 bits per heavy atom. The van der Waals surface area contributed by atoms with Crippen LogP contribution >= 0.6 is 557 Å².